The number of pyridine rings is 1. The van der Waals surface area contributed by atoms with Crippen molar-refractivity contribution in [3.63, 3.8) is 0 Å². The van der Waals surface area contributed by atoms with Gasteiger partial charge in [-0.1, -0.05) is 6.07 Å². The average molecular weight is 330 g/mol. The Labute approximate surface area is 139 Å². The molecular weight excluding hydrogens is 312 g/mol. The molecule has 0 N–H and O–H groups in total. The average Bonchev–Trinajstić information content (AvgIpc) is 3.22. The van der Waals surface area contributed by atoms with Crippen LogP contribution in [0.1, 0.15) is 22.5 Å². The monoisotopic (exact) mass is 330 g/mol. The van der Waals surface area contributed by atoms with Crippen molar-refractivity contribution in [2.75, 3.05) is 18.8 Å². The predicted molar refractivity (Wildman–Crippen MR) is 87.2 cm³/mol. The van der Waals surface area contributed by atoms with Gasteiger partial charge in [-0.25, -0.2) is 0 Å². The first-order valence-electron chi connectivity index (χ1n) is 7.71. The molecule has 4 heterocycles. The van der Waals surface area contributed by atoms with Crippen molar-refractivity contribution in [1.29, 1.82) is 0 Å². The van der Waals surface area contributed by atoms with E-state index < -0.39 is 0 Å². The molecule has 2 saturated heterocycles. The van der Waals surface area contributed by atoms with Crippen molar-refractivity contribution < 1.29 is 13.9 Å². The maximum Gasteiger partial charge on any atom is 0.257 e. The second-order valence-corrected chi connectivity index (χ2v) is 7.61. The van der Waals surface area contributed by atoms with Crippen molar-refractivity contribution in [3.05, 3.63) is 54.2 Å². The van der Waals surface area contributed by atoms with Crippen LogP contribution >= 0.6 is 11.8 Å². The molecule has 0 aliphatic carbocycles. The number of ether oxygens (including phenoxy) is 1. The van der Waals surface area contributed by atoms with E-state index in [1.807, 2.05) is 34.9 Å². The smallest absolute Gasteiger partial charge is 0.257 e. The molecule has 2 aromatic rings. The maximum absolute atomic E-state index is 12.2. The third-order valence-corrected chi connectivity index (χ3v) is 5.96. The SMILES string of the molecule is O=C(c1ccoc1)N1CC2(C[C@H](OCc3ccccn3)CS2)C1. The lowest BCUT2D eigenvalue weighted by Crippen LogP contribution is -2.60. The third kappa shape index (κ3) is 3.01. The molecule has 2 fully saturated rings. The molecule has 2 aromatic heterocycles. The van der Waals surface area contributed by atoms with Crippen LogP contribution in [-0.4, -0.2) is 45.5 Å². The first-order chi connectivity index (χ1) is 11.2. The molecule has 120 valence electrons. The second kappa shape index (κ2) is 6.02. The Morgan fingerprint density at radius 3 is 3.09 bits per heavy atom. The quantitative estimate of drug-likeness (QED) is 0.862. The van der Waals surface area contributed by atoms with Crippen molar-refractivity contribution >= 4 is 17.7 Å². The van der Waals surface area contributed by atoms with Gasteiger partial charge in [-0.15, -0.1) is 11.8 Å². The molecule has 0 radical (unpaired) electrons. The van der Waals surface area contributed by atoms with Gasteiger partial charge in [0, 0.05) is 25.0 Å². The first-order valence-corrected chi connectivity index (χ1v) is 8.70. The lowest BCUT2D eigenvalue weighted by molar-refractivity contribution is 0.0245. The fourth-order valence-electron chi connectivity index (χ4n) is 3.18. The number of hydrogen-bond acceptors (Lipinski definition) is 5. The van der Waals surface area contributed by atoms with E-state index in [0.717, 1.165) is 31.0 Å². The topological polar surface area (TPSA) is 55.6 Å². The van der Waals surface area contributed by atoms with E-state index in [2.05, 4.69) is 4.98 Å². The van der Waals surface area contributed by atoms with Gasteiger partial charge in [-0.3, -0.25) is 9.78 Å². The molecule has 6 heteroatoms. The van der Waals surface area contributed by atoms with Crippen LogP contribution in [0.15, 0.2) is 47.4 Å². The fraction of sp³-hybridized carbons (Fsp3) is 0.412. The number of hydrogen-bond donors (Lipinski definition) is 0. The Morgan fingerprint density at radius 2 is 2.35 bits per heavy atom. The molecule has 0 saturated carbocycles. The van der Waals surface area contributed by atoms with Crippen molar-refractivity contribution in [2.24, 2.45) is 0 Å². The van der Waals surface area contributed by atoms with Crippen molar-refractivity contribution in [1.82, 2.24) is 9.88 Å². The van der Waals surface area contributed by atoms with E-state index in [1.165, 1.54) is 12.5 Å². The molecule has 1 amide bonds. The highest BCUT2D eigenvalue weighted by Gasteiger charge is 2.51. The van der Waals surface area contributed by atoms with Crippen LogP contribution in [0.4, 0.5) is 0 Å². The molecule has 1 spiro atoms. The van der Waals surface area contributed by atoms with Crippen molar-refractivity contribution in [2.45, 2.75) is 23.9 Å². The van der Waals surface area contributed by atoms with E-state index in [0.29, 0.717) is 12.2 Å². The van der Waals surface area contributed by atoms with Crippen LogP contribution in [0.5, 0.6) is 0 Å². The summed E-state index contributed by atoms with van der Waals surface area (Å²) in [4.78, 5) is 18.4. The van der Waals surface area contributed by atoms with Crippen LogP contribution in [0.25, 0.3) is 0 Å². The molecule has 23 heavy (non-hydrogen) atoms. The Bertz CT molecular complexity index is 668. The Morgan fingerprint density at radius 1 is 1.43 bits per heavy atom. The molecule has 1 atom stereocenters. The van der Waals surface area contributed by atoms with Gasteiger partial charge >= 0.3 is 0 Å². The van der Waals surface area contributed by atoms with Crippen molar-refractivity contribution in [3.8, 4) is 0 Å². The van der Waals surface area contributed by atoms with E-state index in [9.17, 15) is 4.79 Å². The van der Waals surface area contributed by atoms with Crippen LogP contribution in [-0.2, 0) is 11.3 Å². The number of amides is 1. The summed E-state index contributed by atoms with van der Waals surface area (Å²) < 4.78 is 11.1. The minimum Gasteiger partial charge on any atom is -0.472 e. The zero-order valence-corrected chi connectivity index (χ0v) is 13.5. The summed E-state index contributed by atoms with van der Waals surface area (Å²) in [6.07, 6.45) is 6.07. The summed E-state index contributed by atoms with van der Waals surface area (Å²) in [6, 6.07) is 7.58. The number of nitrogens with zero attached hydrogens (tertiary/aromatic N) is 2. The standard InChI is InChI=1S/C17H18N2O3S/c20-16(13-4-6-21-8-13)19-11-17(12-19)7-15(10-23-17)22-9-14-3-1-2-5-18-14/h1-6,8,15H,7,9-12H2/t15-/m0/s1. The first kappa shape index (κ1) is 14.8. The minimum absolute atomic E-state index is 0.0582. The molecule has 0 unspecified atom stereocenters. The van der Waals surface area contributed by atoms with Crippen LogP contribution in [0.3, 0.4) is 0 Å². The summed E-state index contributed by atoms with van der Waals surface area (Å²) in [6.45, 7) is 2.15. The zero-order chi connectivity index (χ0) is 15.7. The Kier molecular flexibility index (Phi) is 3.87. The summed E-state index contributed by atoms with van der Waals surface area (Å²) in [5, 5.41) is 0. The van der Waals surface area contributed by atoms with E-state index in [4.69, 9.17) is 9.15 Å². The predicted octanol–water partition coefficient (Wildman–Crippen LogP) is 2.59. The number of aromatic nitrogens is 1. The third-order valence-electron chi connectivity index (χ3n) is 4.38. The molecule has 5 nitrogen and oxygen atoms in total. The molecule has 0 aromatic carbocycles. The van der Waals surface area contributed by atoms with E-state index >= 15 is 0 Å². The number of furan rings is 1. The zero-order valence-electron chi connectivity index (χ0n) is 12.7. The van der Waals surface area contributed by atoms with Gasteiger partial charge in [0.1, 0.15) is 6.26 Å². The summed E-state index contributed by atoms with van der Waals surface area (Å²) in [7, 11) is 0. The van der Waals surface area contributed by atoms with Gasteiger partial charge in [0.15, 0.2) is 0 Å². The number of carbonyl (C=O) groups is 1. The van der Waals surface area contributed by atoms with Gasteiger partial charge in [0.2, 0.25) is 0 Å². The number of thioether (sulfide) groups is 1. The highest BCUT2D eigenvalue weighted by Crippen LogP contribution is 2.46. The van der Waals surface area contributed by atoms with Gasteiger partial charge in [-0.2, -0.15) is 0 Å². The van der Waals surface area contributed by atoms with E-state index in [-0.39, 0.29) is 16.8 Å². The number of likely N-dealkylation sites (tertiary alicyclic amines) is 1. The van der Waals surface area contributed by atoms with Gasteiger partial charge < -0.3 is 14.1 Å². The number of rotatable bonds is 4. The fourth-order valence-corrected chi connectivity index (χ4v) is 4.73. The van der Waals surface area contributed by atoms with Gasteiger partial charge in [0.05, 0.1) is 35.0 Å². The van der Waals surface area contributed by atoms with Gasteiger partial charge in [-0.05, 0) is 24.6 Å². The maximum atomic E-state index is 12.2. The molecule has 4 rings (SSSR count). The minimum atomic E-state index is 0.0582. The van der Waals surface area contributed by atoms with Crippen LogP contribution in [0.2, 0.25) is 0 Å². The Hall–Kier alpha value is -1.79. The lowest BCUT2D eigenvalue weighted by Gasteiger charge is -2.47. The summed E-state index contributed by atoms with van der Waals surface area (Å²) in [5.41, 5.74) is 1.59. The molecular formula is C17H18N2O3S. The molecule has 2 aliphatic heterocycles. The molecule has 0 bridgehead atoms. The molecule has 2 aliphatic rings. The Balaban J connectivity index is 1.27. The summed E-state index contributed by atoms with van der Waals surface area (Å²) in [5.74, 6) is 1.04. The lowest BCUT2D eigenvalue weighted by atomic mass is 9.92. The van der Waals surface area contributed by atoms with Gasteiger partial charge in [0.25, 0.3) is 5.91 Å². The van der Waals surface area contributed by atoms with Crippen LogP contribution < -0.4 is 0 Å². The van der Waals surface area contributed by atoms with E-state index in [1.54, 1.807) is 12.3 Å². The normalized spacial score (nSPS) is 22.3. The largest absolute Gasteiger partial charge is 0.472 e. The summed E-state index contributed by atoms with van der Waals surface area (Å²) >= 11 is 1.93. The highest BCUT2D eigenvalue weighted by atomic mass is 32.2. The highest BCUT2D eigenvalue weighted by molar-refractivity contribution is 8.01. The van der Waals surface area contributed by atoms with Crippen LogP contribution in [0, 0.1) is 0 Å². The number of carbonyl (C=O) groups excluding carboxylic acids is 1. The second-order valence-electron chi connectivity index (χ2n) is 6.13.